The molecular formula is C23H21N7O2. The van der Waals surface area contributed by atoms with Gasteiger partial charge < -0.3 is 19.4 Å². The topological polar surface area (TPSA) is 105 Å². The summed E-state index contributed by atoms with van der Waals surface area (Å²) in [6, 6.07) is 9.77. The van der Waals surface area contributed by atoms with Crippen LogP contribution < -0.4 is 9.64 Å². The Morgan fingerprint density at radius 1 is 1.03 bits per heavy atom. The van der Waals surface area contributed by atoms with Crippen LogP contribution >= 0.6 is 0 Å². The number of fused-ring (bicyclic) bond motifs is 2. The molecule has 0 atom stereocenters. The molecule has 1 aliphatic heterocycles. The number of nitrogens with zero attached hydrogens (tertiary/aromatic N) is 5. The molecule has 0 spiro atoms. The van der Waals surface area contributed by atoms with E-state index < -0.39 is 0 Å². The first kappa shape index (κ1) is 18.8. The van der Waals surface area contributed by atoms with Crippen LogP contribution in [0.5, 0.6) is 11.5 Å². The van der Waals surface area contributed by atoms with Crippen molar-refractivity contribution in [1.82, 2.24) is 30.1 Å². The van der Waals surface area contributed by atoms with Crippen LogP contribution in [0.15, 0.2) is 48.9 Å². The normalized spacial score (nSPS) is 14.3. The van der Waals surface area contributed by atoms with Crippen LogP contribution in [0.4, 0.5) is 5.69 Å². The van der Waals surface area contributed by atoms with Gasteiger partial charge in [-0.25, -0.2) is 9.97 Å². The zero-order chi connectivity index (χ0) is 21.5. The fraction of sp³-hybridized carbons (Fsp3) is 0.217. The summed E-state index contributed by atoms with van der Waals surface area (Å²) in [6.07, 6.45) is 5.32. The lowest BCUT2D eigenvalue weighted by Gasteiger charge is -2.30. The van der Waals surface area contributed by atoms with Gasteiger partial charge in [0.15, 0.2) is 5.75 Å². The SMILES string of the molecule is Cc1nc2ccc(Oc3ccc4ncc(-c5cn[nH]c5)nc4c3N3CCOCC3)cc2[nH]1. The lowest BCUT2D eigenvalue weighted by atomic mass is 10.1. The molecule has 160 valence electrons. The second-order valence-electron chi connectivity index (χ2n) is 7.72. The Labute approximate surface area is 183 Å². The highest BCUT2D eigenvalue weighted by Crippen LogP contribution is 2.39. The van der Waals surface area contributed by atoms with E-state index in [4.69, 9.17) is 14.5 Å². The van der Waals surface area contributed by atoms with E-state index >= 15 is 0 Å². The molecule has 0 unspecified atom stereocenters. The molecule has 9 nitrogen and oxygen atoms in total. The van der Waals surface area contributed by atoms with Crippen LogP contribution in [-0.4, -0.2) is 56.4 Å². The molecule has 32 heavy (non-hydrogen) atoms. The number of morpholine rings is 1. The maximum absolute atomic E-state index is 6.40. The summed E-state index contributed by atoms with van der Waals surface area (Å²) in [7, 11) is 0. The zero-order valence-corrected chi connectivity index (χ0v) is 17.5. The van der Waals surface area contributed by atoms with Crippen molar-refractivity contribution in [2.45, 2.75) is 6.92 Å². The number of ether oxygens (including phenoxy) is 2. The van der Waals surface area contributed by atoms with Crippen molar-refractivity contribution in [2.75, 3.05) is 31.2 Å². The van der Waals surface area contributed by atoms with Crippen LogP contribution in [0, 0.1) is 6.92 Å². The van der Waals surface area contributed by atoms with Crippen molar-refractivity contribution in [2.24, 2.45) is 0 Å². The molecule has 9 heteroatoms. The van der Waals surface area contributed by atoms with Gasteiger partial charge in [0.25, 0.3) is 0 Å². The largest absolute Gasteiger partial charge is 0.455 e. The Balaban J connectivity index is 1.49. The fourth-order valence-corrected chi connectivity index (χ4v) is 4.06. The van der Waals surface area contributed by atoms with Gasteiger partial charge in [0.2, 0.25) is 0 Å². The molecular weight excluding hydrogens is 406 g/mol. The van der Waals surface area contributed by atoms with Crippen LogP contribution in [-0.2, 0) is 4.74 Å². The Morgan fingerprint density at radius 3 is 2.75 bits per heavy atom. The number of hydrogen-bond donors (Lipinski definition) is 2. The van der Waals surface area contributed by atoms with E-state index in [2.05, 4.69) is 30.0 Å². The maximum atomic E-state index is 6.40. The van der Waals surface area contributed by atoms with Crippen LogP contribution in [0.1, 0.15) is 5.82 Å². The molecule has 4 heterocycles. The minimum Gasteiger partial charge on any atom is -0.455 e. The summed E-state index contributed by atoms with van der Waals surface area (Å²) in [5.74, 6) is 2.33. The van der Waals surface area contributed by atoms with E-state index in [1.165, 1.54) is 0 Å². The Hall–Kier alpha value is -3.98. The first-order valence-corrected chi connectivity index (χ1v) is 10.5. The van der Waals surface area contributed by atoms with Gasteiger partial charge in [-0.1, -0.05) is 0 Å². The Morgan fingerprint density at radius 2 is 1.91 bits per heavy atom. The van der Waals surface area contributed by atoms with Gasteiger partial charge in [0, 0.05) is 30.9 Å². The average molecular weight is 427 g/mol. The monoisotopic (exact) mass is 427 g/mol. The molecule has 1 fully saturated rings. The van der Waals surface area contributed by atoms with Gasteiger partial charge in [-0.15, -0.1) is 0 Å². The van der Waals surface area contributed by atoms with Gasteiger partial charge in [0.1, 0.15) is 22.8 Å². The molecule has 1 saturated heterocycles. The number of aromatic nitrogens is 6. The van der Waals surface area contributed by atoms with Crippen molar-refractivity contribution in [3.05, 3.63) is 54.7 Å². The highest BCUT2D eigenvalue weighted by Gasteiger charge is 2.22. The summed E-state index contributed by atoms with van der Waals surface area (Å²) >= 11 is 0. The lowest BCUT2D eigenvalue weighted by Crippen LogP contribution is -2.36. The second kappa shape index (κ2) is 7.61. The van der Waals surface area contributed by atoms with Crippen LogP contribution in [0.2, 0.25) is 0 Å². The molecule has 6 rings (SSSR count). The van der Waals surface area contributed by atoms with Gasteiger partial charge in [-0.05, 0) is 31.2 Å². The van der Waals surface area contributed by atoms with Gasteiger partial charge >= 0.3 is 0 Å². The summed E-state index contributed by atoms with van der Waals surface area (Å²) < 4.78 is 12.0. The predicted octanol–water partition coefficient (Wildman–Crippen LogP) is 3.83. The third-order valence-corrected chi connectivity index (χ3v) is 5.57. The van der Waals surface area contributed by atoms with Crippen LogP contribution in [0.3, 0.4) is 0 Å². The number of H-pyrrole nitrogens is 2. The van der Waals surface area contributed by atoms with Crippen molar-refractivity contribution < 1.29 is 9.47 Å². The van der Waals surface area contributed by atoms with Crippen molar-refractivity contribution in [1.29, 1.82) is 0 Å². The molecule has 0 radical (unpaired) electrons. The smallest absolute Gasteiger partial charge is 0.153 e. The van der Waals surface area contributed by atoms with Crippen molar-refractivity contribution >= 4 is 27.8 Å². The summed E-state index contributed by atoms with van der Waals surface area (Å²) in [4.78, 5) is 19.6. The van der Waals surface area contributed by atoms with Crippen molar-refractivity contribution in [3.8, 4) is 22.8 Å². The molecule has 0 bridgehead atoms. The highest BCUT2D eigenvalue weighted by molar-refractivity contribution is 5.93. The molecule has 3 aromatic heterocycles. The first-order valence-electron chi connectivity index (χ1n) is 10.5. The number of benzene rings is 2. The van der Waals surface area contributed by atoms with E-state index in [0.29, 0.717) is 13.2 Å². The Bertz CT molecular complexity index is 1410. The minimum absolute atomic E-state index is 0.657. The molecule has 0 saturated carbocycles. The molecule has 5 aromatic rings. The third-order valence-electron chi connectivity index (χ3n) is 5.57. The number of aryl methyl sites for hydroxylation is 1. The van der Waals surface area contributed by atoms with E-state index in [1.54, 1.807) is 12.4 Å². The van der Waals surface area contributed by atoms with Crippen LogP contribution in [0.25, 0.3) is 33.3 Å². The number of anilines is 1. The lowest BCUT2D eigenvalue weighted by molar-refractivity contribution is 0.122. The number of aromatic amines is 2. The van der Waals surface area contributed by atoms with E-state index in [1.807, 2.05) is 43.5 Å². The number of imidazole rings is 1. The van der Waals surface area contributed by atoms with E-state index in [0.717, 1.165) is 69.4 Å². The summed E-state index contributed by atoms with van der Waals surface area (Å²) in [6.45, 7) is 4.77. The van der Waals surface area contributed by atoms with E-state index in [-0.39, 0.29) is 0 Å². The molecule has 1 aliphatic rings. The minimum atomic E-state index is 0.657. The molecule has 2 aromatic carbocycles. The summed E-state index contributed by atoms with van der Waals surface area (Å²) in [5, 5.41) is 6.88. The van der Waals surface area contributed by atoms with Gasteiger partial charge in [-0.3, -0.25) is 10.1 Å². The third kappa shape index (κ3) is 3.32. The quantitative estimate of drug-likeness (QED) is 0.449. The highest BCUT2D eigenvalue weighted by atomic mass is 16.5. The molecule has 2 N–H and O–H groups in total. The standard InChI is InChI=1S/C23H21N7O2/c1-14-27-17-3-2-16(10-19(17)28-14)32-21-5-4-18-22(23(21)30-6-8-31-9-7-30)29-20(13-24-18)15-11-25-26-12-15/h2-5,10-13H,6-9H2,1H3,(H,25,26)(H,27,28). The van der Waals surface area contributed by atoms with Gasteiger partial charge in [-0.2, -0.15) is 5.10 Å². The average Bonchev–Trinajstić information content (AvgIpc) is 3.48. The molecule has 0 amide bonds. The van der Waals surface area contributed by atoms with Gasteiger partial charge in [0.05, 0.1) is 47.9 Å². The fourth-order valence-electron chi connectivity index (χ4n) is 4.06. The zero-order valence-electron chi connectivity index (χ0n) is 17.5. The number of hydrogen-bond acceptors (Lipinski definition) is 7. The maximum Gasteiger partial charge on any atom is 0.153 e. The van der Waals surface area contributed by atoms with E-state index in [9.17, 15) is 0 Å². The Kier molecular flexibility index (Phi) is 4.46. The predicted molar refractivity (Wildman–Crippen MR) is 121 cm³/mol. The van der Waals surface area contributed by atoms with Crippen molar-refractivity contribution in [3.63, 3.8) is 0 Å². The summed E-state index contributed by atoms with van der Waals surface area (Å²) in [5.41, 5.74) is 6.02. The number of nitrogens with one attached hydrogen (secondary N) is 2. The first-order chi connectivity index (χ1) is 15.7. The number of rotatable bonds is 4. The molecule has 0 aliphatic carbocycles. The second-order valence-corrected chi connectivity index (χ2v) is 7.72.